The van der Waals surface area contributed by atoms with Crippen LogP contribution in [0.4, 0.5) is 5.69 Å². The Morgan fingerprint density at radius 3 is 2.31 bits per heavy atom. The molecule has 0 aromatic heterocycles. The highest BCUT2D eigenvalue weighted by Crippen LogP contribution is 2.31. The van der Waals surface area contributed by atoms with Gasteiger partial charge in [-0.25, -0.2) is 8.42 Å². The van der Waals surface area contributed by atoms with Crippen LogP contribution in [0.15, 0.2) is 51.8 Å². The maximum absolute atomic E-state index is 12.9. The summed E-state index contributed by atoms with van der Waals surface area (Å²) in [5.41, 5.74) is 0.579. The molecule has 0 saturated heterocycles. The fourth-order valence-electron chi connectivity index (χ4n) is 3.04. The third kappa shape index (κ3) is 3.99. The van der Waals surface area contributed by atoms with Gasteiger partial charge >= 0.3 is 0 Å². The molecule has 0 amide bonds. The molecule has 5 nitrogen and oxygen atoms in total. The first kappa shape index (κ1) is 19.0. The largest absolute Gasteiger partial charge is 0.496 e. The number of rotatable bonds is 6. The lowest BCUT2D eigenvalue weighted by Crippen LogP contribution is -2.26. The van der Waals surface area contributed by atoms with Crippen molar-refractivity contribution in [3.05, 3.63) is 46.9 Å². The molecular formula is C19H22BrNO4S. The van der Waals surface area contributed by atoms with E-state index in [1.165, 1.54) is 30.3 Å². The number of methoxy groups -OCH3 is 1. The number of sulfonamides is 1. The van der Waals surface area contributed by atoms with Crippen molar-refractivity contribution in [1.82, 2.24) is 0 Å². The van der Waals surface area contributed by atoms with E-state index in [1.807, 2.05) is 12.1 Å². The second-order valence-corrected chi connectivity index (χ2v) is 9.11. The lowest BCUT2D eigenvalue weighted by molar-refractivity contribution is 0.210. The summed E-state index contributed by atoms with van der Waals surface area (Å²) < 4.78 is 38.7. The van der Waals surface area contributed by atoms with Gasteiger partial charge in [-0.2, -0.15) is 0 Å². The topological polar surface area (TPSA) is 55.8 Å². The first-order valence-corrected chi connectivity index (χ1v) is 10.7. The van der Waals surface area contributed by atoms with E-state index in [0.29, 0.717) is 15.9 Å². The Balaban J connectivity index is 1.78. The predicted octanol–water partition coefficient (Wildman–Crippen LogP) is 4.60. The van der Waals surface area contributed by atoms with Gasteiger partial charge in [0.1, 0.15) is 11.5 Å². The zero-order chi connectivity index (χ0) is 18.7. The summed E-state index contributed by atoms with van der Waals surface area (Å²) in [5.74, 6) is 1.36. The maximum Gasteiger partial charge on any atom is 0.264 e. The van der Waals surface area contributed by atoms with Crippen LogP contribution < -0.4 is 13.8 Å². The molecule has 1 aliphatic carbocycles. The smallest absolute Gasteiger partial charge is 0.264 e. The summed E-state index contributed by atoms with van der Waals surface area (Å²) in [5, 5.41) is 0. The van der Waals surface area contributed by atoms with E-state index in [9.17, 15) is 8.42 Å². The SMILES string of the molecule is COc1ccc(S(=O)(=O)N(C)c2ccc(OC3CCCC3)cc2)cc1Br. The van der Waals surface area contributed by atoms with Gasteiger partial charge in [-0.1, -0.05) is 0 Å². The molecule has 2 aromatic rings. The third-order valence-electron chi connectivity index (χ3n) is 4.59. The Kier molecular flexibility index (Phi) is 5.77. The second-order valence-electron chi connectivity index (χ2n) is 6.29. The lowest BCUT2D eigenvalue weighted by Gasteiger charge is -2.21. The number of hydrogen-bond donors (Lipinski definition) is 0. The second kappa shape index (κ2) is 7.88. The number of anilines is 1. The van der Waals surface area contributed by atoms with Crippen LogP contribution in [-0.2, 0) is 10.0 Å². The fraction of sp³-hybridized carbons (Fsp3) is 0.368. The molecule has 0 aliphatic heterocycles. The van der Waals surface area contributed by atoms with Crippen LogP contribution in [0.2, 0.25) is 0 Å². The van der Waals surface area contributed by atoms with E-state index in [4.69, 9.17) is 9.47 Å². The van der Waals surface area contributed by atoms with Crippen molar-refractivity contribution in [1.29, 1.82) is 0 Å². The fourth-order valence-corrected chi connectivity index (χ4v) is 4.95. The highest BCUT2D eigenvalue weighted by Gasteiger charge is 2.23. The monoisotopic (exact) mass is 439 g/mol. The lowest BCUT2D eigenvalue weighted by atomic mass is 10.3. The summed E-state index contributed by atoms with van der Waals surface area (Å²) in [6.45, 7) is 0. The van der Waals surface area contributed by atoms with Crippen LogP contribution in [0.1, 0.15) is 25.7 Å². The highest BCUT2D eigenvalue weighted by atomic mass is 79.9. The van der Waals surface area contributed by atoms with Crippen LogP contribution >= 0.6 is 15.9 Å². The first-order valence-electron chi connectivity index (χ1n) is 8.51. The van der Waals surface area contributed by atoms with Gasteiger partial charge < -0.3 is 9.47 Å². The van der Waals surface area contributed by atoms with Crippen molar-refractivity contribution in [2.75, 3.05) is 18.5 Å². The van der Waals surface area contributed by atoms with E-state index in [-0.39, 0.29) is 11.0 Å². The van der Waals surface area contributed by atoms with E-state index in [1.54, 1.807) is 31.3 Å². The molecule has 140 valence electrons. The van der Waals surface area contributed by atoms with Crippen LogP contribution in [0.5, 0.6) is 11.5 Å². The molecule has 0 atom stereocenters. The van der Waals surface area contributed by atoms with Crippen molar-refractivity contribution in [2.24, 2.45) is 0 Å². The summed E-state index contributed by atoms with van der Waals surface area (Å²) in [6, 6.07) is 11.9. The van der Waals surface area contributed by atoms with Crippen molar-refractivity contribution in [3.63, 3.8) is 0 Å². The van der Waals surface area contributed by atoms with E-state index in [2.05, 4.69) is 15.9 Å². The molecule has 1 aliphatic rings. The molecule has 0 N–H and O–H groups in total. The molecule has 0 bridgehead atoms. The van der Waals surface area contributed by atoms with Gasteiger partial charge in [0.15, 0.2) is 0 Å². The van der Waals surface area contributed by atoms with E-state index >= 15 is 0 Å². The quantitative estimate of drug-likeness (QED) is 0.659. The van der Waals surface area contributed by atoms with Crippen LogP contribution in [0.25, 0.3) is 0 Å². The Morgan fingerprint density at radius 1 is 1.08 bits per heavy atom. The van der Waals surface area contributed by atoms with Crippen LogP contribution in [0.3, 0.4) is 0 Å². The summed E-state index contributed by atoms with van der Waals surface area (Å²) >= 11 is 3.33. The molecular weight excluding hydrogens is 418 g/mol. The summed E-state index contributed by atoms with van der Waals surface area (Å²) in [6.07, 6.45) is 4.87. The first-order chi connectivity index (χ1) is 12.4. The van der Waals surface area contributed by atoms with Crippen LogP contribution in [-0.4, -0.2) is 28.7 Å². The van der Waals surface area contributed by atoms with Crippen molar-refractivity contribution in [3.8, 4) is 11.5 Å². The molecule has 3 rings (SSSR count). The Hall–Kier alpha value is -1.73. The number of halogens is 1. The minimum absolute atomic E-state index is 0.193. The minimum Gasteiger partial charge on any atom is -0.496 e. The van der Waals surface area contributed by atoms with Crippen molar-refractivity contribution >= 4 is 31.6 Å². The normalized spacial score (nSPS) is 15.0. The zero-order valence-electron chi connectivity index (χ0n) is 14.8. The Bertz CT molecular complexity index is 862. The molecule has 2 aromatic carbocycles. The highest BCUT2D eigenvalue weighted by molar-refractivity contribution is 9.10. The van der Waals surface area contributed by atoms with Gasteiger partial charge in [-0.05, 0) is 84.1 Å². The molecule has 0 spiro atoms. The molecule has 1 saturated carbocycles. The third-order valence-corrected chi connectivity index (χ3v) is 6.99. The average Bonchev–Trinajstić information content (AvgIpc) is 3.14. The van der Waals surface area contributed by atoms with Crippen molar-refractivity contribution < 1.29 is 17.9 Å². The van der Waals surface area contributed by atoms with Gasteiger partial charge in [0.25, 0.3) is 10.0 Å². The Morgan fingerprint density at radius 2 is 1.73 bits per heavy atom. The standard InChI is InChI=1S/C19H22BrNO4S/c1-21(26(22,23)17-11-12-19(24-2)18(20)13-17)14-7-9-16(10-8-14)25-15-5-3-4-6-15/h7-13,15H,3-6H2,1-2H3. The van der Waals surface area contributed by atoms with E-state index < -0.39 is 10.0 Å². The van der Waals surface area contributed by atoms with Crippen LogP contribution in [0, 0.1) is 0 Å². The molecule has 26 heavy (non-hydrogen) atoms. The van der Waals surface area contributed by atoms with Crippen molar-refractivity contribution in [2.45, 2.75) is 36.7 Å². The van der Waals surface area contributed by atoms with E-state index in [0.717, 1.165) is 18.6 Å². The average molecular weight is 440 g/mol. The number of nitrogens with zero attached hydrogens (tertiary/aromatic N) is 1. The number of hydrogen-bond acceptors (Lipinski definition) is 4. The number of benzene rings is 2. The molecule has 0 radical (unpaired) electrons. The van der Waals surface area contributed by atoms with Gasteiger partial charge in [-0.3, -0.25) is 4.31 Å². The van der Waals surface area contributed by atoms with Gasteiger partial charge in [0.05, 0.1) is 28.3 Å². The maximum atomic E-state index is 12.9. The molecule has 7 heteroatoms. The summed E-state index contributed by atoms with van der Waals surface area (Å²) in [7, 11) is -0.589. The summed E-state index contributed by atoms with van der Waals surface area (Å²) in [4.78, 5) is 0.193. The molecule has 0 unspecified atom stereocenters. The molecule has 0 heterocycles. The zero-order valence-corrected chi connectivity index (χ0v) is 17.2. The predicted molar refractivity (Wildman–Crippen MR) is 106 cm³/mol. The molecule has 1 fully saturated rings. The van der Waals surface area contributed by atoms with Gasteiger partial charge in [-0.15, -0.1) is 0 Å². The Labute approximate surface area is 163 Å². The number of ether oxygens (including phenoxy) is 2. The van der Waals surface area contributed by atoms with Gasteiger partial charge in [0.2, 0.25) is 0 Å². The van der Waals surface area contributed by atoms with Gasteiger partial charge in [0, 0.05) is 7.05 Å². The minimum atomic E-state index is -3.67.